The maximum Gasteiger partial charge on any atom is 0.231 e. The van der Waals surface area contributed by atoms with E-state index in [1.54, 1.807) is 6.07 Å². The lowest BCUT2D eigenvalue weighted by Crippen LogP contribution is -1.93. The molecule has 0 radical (unpaired) electrons. The highest BCUT2D eigenvalue weighted by Gasteiger charge is 2.17. The highest BCUT2D eigenvalue weighted by molar-refractivity contribution is 7.98. The Hall–Kier alpha value is -2.68. The molecule has 0 unspecified atom stereocenters. The van der Waals surface area contributed by atoms with Crippen molar-refractivity contribution in [1.29, 1.82) is 5.26 Å². The smallest absolute Gasteiger partial charge is 0.231 e. The van der Waals surface area contributed by atoms with Crippen LogP contribution >= 0.6 is 23.4 Å². The summed E-state index contributed by atoms with van der Waals surface area (Å²) in [7, 11) is 0. The lowest BCUT2D eigenvalue weighted by Gasteiger charge is -2.09. The predicted molar refractivity (Wildman–Crippen MR) is 106 cm³/mol. The minimum atomic E-state index is 0.209. The van der Waals surface area contributed by atoms with Crippen molar-refractivity contribution in [2.24, 2.45) is 0 Å². The molecule has 0 saturated heterocycles. The van der Waals surface area contributed by atoms with Gasteiger partial charge in [0.2, 0.25) is 6.79 Å². The van der Waals surface area contributed by atoms with Crippen molar-refractivity contribution < 1.29 is 9.47 Å². The molecule has 1 aromatic heterocycles. The molecule has 0 spiro atoms. The van der Waals surface area contributed by atoms with Gasteiger partial charge in [-0.15, -0.1) is 11.8 Å². The van der Waals surface area contributed by atoms with E-state index in [0.717, 1.165) is 16.8 Å². The lowest BCUT2D eigenvalue weighted by molar-refractivity contribution is 0.174. The first-order valence-electron chi connectivity index (χ1n) is 8.33. The normalized spacial score (nSPS) is 12.0. The number of nitrogens with zero attached hydrogens (tertiary/aromatic N) is 2. The number of hydrogen-bond donors (Lipinski definition) is 0. The summed E-state index contributed by atoms with van der Waals surface area (Å²) in [5.74, 6) is 1.93. The standard InChI is InChI=1S/C21H15ClN2O2S/c1-13-2-4-14(5-3-13)18-7-6-15(10-23)21(24-18)27-11-16-8-19-20(9-17(16)22)26-12-25-19/h2-9H,11-12H2,1H3. The molecule has 6 heteroatoms. The van der Waals surface area contributed by atoms with Gasteiger partial charge in [-0.25, -0.2) is 4.98 Å². The SMILES string of the molecule is Cc1ccc(-c2ccc(C#N)c(SCc3cc4c(cc3Cl)OCO4)n2)cc1. The summed E-state index contributed by atoms with van der Waals surface area (Å²) < 4.78 is 10.8. The van der Waals surface area contributed by atoms with Gasteiger partial charge in [-0.2, -0.15) is 5.26 Å². The van der Waals surface area contributed by atoms with Crippen molar-refractivity contribution in [3.63, 3.8) is 0 Å². The van der Waals surface area contributed by atoms with Crippen LogP contribution < -0.4 is 9.47 Å². The number of ether oxygens (including phenoxy) is 2. The second-order valence-corrected chi connectivity index (χ2v) is 7.48. The molecule has 0 amide bonds. The first-order valence-corrected chi connectivity index (χ1v) is 9.69. The summed E-state index contributed by atoms with van der Waals surface area (Å²) in [6, 6.07) is 17.7. The number of halogens is 1. The summed E-state index contributed by atoms with van der Waals surface area (Å²) in [4.78, 5) is 4.70. The second kappa shape index (κ2) is 7.51. The molecular weight excluding hydrogens is 380 g/mol. The van der Waals surface area contributed by atoms with Gasteiger partial charge in [-0.1, -0.05) is 41.4 Å². The maximum atomic E-state index is 9.43. The van der Waals surface area contributed by atoms with E-state index >= 15 is 0 Å². The van der Waals surface area contributed by atoms with Crippen LogP contribution in [0.1, 0.15) is 16.7 Å². The maximum absolute atomic E-state index is 9.43. The molecule has 2 aromatic carbocycles. The number of pyridine rings is 1. The van der Waals surface area contributed by atoms with Gasteiger partial charge >= 0.3 is 0 Å². The summed E-state index contributed by atoms with van der Waals surface area (Å²) >= 11 is 7.84. The number of nitriles is 1. The van der Waals surface area contributed by atoms with E-state index in [1.807, 2.05) is 37.3 Å². The van der Waals surface area contributed by atoms with E-state index in [9.17, 15) is 5.26 Å². The van der Waals surface area contributed by atoms with Crippen LogP contribution in [-0.2, 0) is 5.75 Å². The topological polar surface area (TPSA) is 55.1 Å². The molecule has 0 fully saturated rings. The van der Waals surface area contributed by atoms with Crippen LogP contribution in [0.5, 0.6) is 11.5 Å². The van der Waals surface area contributed by atoms with Gasteiger partial charge in [0.25, 0.3) is 0 Å². The van der Waals surface area contributed by atoms with E-state index in [1.165, 1.54) is 17.3 Å². The van der Waals surface area contributed by atoms with Gasteiger partial charge in [0.15, 0.2) is 11.5 Å². The summed E-state index contributed by atoms with van der Waals surface area (Å²) in [5.41, 5.74) is 4.52. The monoisotopic (exact) mass is 394 g/mol. The van der Waals surface area contributed by atoms with E-state index in [0.29, 0.717) is 32.9 Å². The van der Waals surface area contributed by atoms with Gasteiger partial charge in [-0.05, 0) is 30.7 Å². The number of benzene rings is 2. The molecule has 2 heterocycles. The molecule has 1 aliphatic heterocycles. The number of hydrogen-bond acceptors (Lipinski definition) is 5. The van der Waals surface area contributed by atoms with E-state index in [-0.39, 0.29) is 6.79 Å². The number of aromatic nitrogens is 1. The largest absolute Gasteiger partial charge is 0.454 e. The van der Waals surface area contributed by atoms with Gasteiger partial charge in [0, 0.05) is 22.4 Å². The Bertz CT molecular complexity index is 1050. The molecule has 0 N–H and O–H groups in total. The molecule has 0 saturated carbocycles. The molecule has 0 atom stereocenters. The van der Waals surface area contributed by atoms with Crippen molar-refractivity contribution >= 4 is 23.4 Å². The molecule has 0 aliphatic carbocycles. The van der Waals surface area contributed by atoms with E-state index < -0.39 is 0 Å². The number of rotatable bonds is 4. The van der Waals surface area contributed by atoms with Crippen molar-refractivity contribution in [2.75, 3.05) is 6.79 Å². The third-order valence-corrected chi connectivity index (χ3v) is 5.63. The predicted octanol–water partition coefficient (Wildman–Crippen LogP) is 5.60. The molecule has 1 aliphatic rings. The molecule has 27 heavy (non-hydrogen) atoms. The molecular formula is C21H15ClN2O2S. The minimum absolute atomic E-state index is 0.209. The summed E-state index contributed by atoms with van der Waals surface area (Å²) in [6.45, 7) is 2.26. The van der Waals surface area contributed by atoms with Crippen molar-refractivity contribution in [1.82, 2.24) is 4.98 Å². The molecule has 134 valence electrons. The summed E-state index contributed by atoms with van der Waals surface area (Å²) in [5, 5.41) is 10.7. The number of thioether (sulfide) groups is 1. The van der Waals surface area contributed by atoms with Crippen molar-refractivity contribution in [2.45, 2.75) is 17.7 Å². The quantitative estimate of drug-likeness (QED) is 0.539. The fourth-order valence-corrected chi connectivity index (χ4v) is 4.00. The zero-order valence-electron chi connectivity index (χ0n) is 14.5. The zero-order valence-corrected chi connectivity index (χ0v) is 16.1. The lowest BCUT2D eigenvalue weighted by atomic mass is 10.1. The van der Waals surface area contributed by atoms with Crippen LogP contribution in [0.2, 0.25) is 5.02 Å². The van der Waals surface area contributed by atoms with Crippen molar-refractivity contribution in [3.8, 4) is 28.8 Å². The van der Waals surface area contributed by atoms with Crippen LogP contribution in [0.15, 0.2) is 53.6 Å². The molecule has 4 nitrogen and oxygen atoms in total. The highest BCUT2D eigenvalue weighted by Crippen LogP contribution is 2.39. The van der Waals surface area contributed by atoms with Crippen LogP contribution in [0.25, 0.3) is 11.3 Å². The molecule has 4 rings (SSSR count). The van der Waals surface area contributed by atoms with Gasteiger partial charge < -0.3 is 9.47 Å². The van der Waals surface area contributed by atoms with E-state index in [2.05, 4.69) is 18.2 Å². The summed E-state index contributed by atoms with van der Waals surface area (Å²) in [6.07, 6.45) is 0. The Balaban J connectivity index is 1.61. The Morgan fingerprint density at radius 1 is 1.11 bits per heavy atom. The van der Waals surface area contributed by atoms with Crippen LogP contribution in [0.3, 0.4) is 0 Å². The fourth-order valence-electron chi connectivity index (χ4n) is 2.74. The van der Waals surface area contributed by atoms with Crippen LogP contribution in [0.4, 0.5) is 0 Å². The molecule has 3 aromatic rings. The van der Waals surface area contributed by atoms with E-state index in [4.69, 9.17) is 26.1 Å². The molecule has 0 bridgehead atoms. The average Bonchev–Trinajstić information content (AvgIpc) is 3.13. The van der Waals surface area contributed by atoms with Gasteiger partial charge in [0.1, 0.15) is 11.1 Å². The zero-order chi connectivity index (χ0) is 18.8. The Morgan fingerprint density at radius 3 is 2.59 bits per heavy atom. The Labute approximate surface area is 166 Å². The number of aryl methyl sites for hydroxylation is 1. The fraction of sp³-hybridized carbons (Fsp3) is 0.143. The van der Waals surface area contributed by atoms with Gasteiger partial charge in [0.05, 0.1) is 11.3 Å². The first-order chi connectivity index (χ1) is 13.1. The Kier molecular flexibility index (Phi) is 4.93. The van der Waals surface area contributed by atoms with Gasteiger partial charge in [-0.3, -0.25) is 0 Å². The third-order valence-electron chi connectivity index (χ3n) is 4.23. The average molecular weight is 395 g/mol. The Morgan fingerprint density at radius 2 is 1.85 bits per heavy atom. The first kappa shape index (κ1) is 17.7. The number of fused-ring (bicyclic) bond motifs is 1. The third kappa shape index (κ3) is 3.73. The highest BCUT2D eigenvalue weighted by atomic mass is 35.5. The second-order valence-electron chi connectivity index (χ2n) is 6.11. The minimum Gasteiger partial charge on any atom is -0.454 e. The van der Waals surface area contributed by atoms with Crippen molar-refractivity contribution in [3.05, 3.63) is 70.2 Å². The van der Waals surface area contributed by atoms with Crippen LogP contribution in [0, 0.1) is 18.3 Å². The van der Waals surface area contributed by atoms with Crippen LogP contribution in [-0.4, -0.2) is 11.8 Å².